The highest BCUT2D eigenvalue weighted by molar-refractivity contribution is 6.07. The van der Waals surface area contributed by atoms with Crippen molar-refractivity contribution in [3.8, 4) is 0 Å². The summed E-state index contributed by atoms with van der Waals surface area (Å²) in [6.07, 6.45) is 5.81. The highest BCUT2D eigenvalue weighted by atomic mass is 16.6. The molecule has 1 saturated carbocycles. The van der Waals surface area contributed by atoms with Crippen LogP contribution < -0.4 is 5.32 Å². The molecule has 0 unspecified atom stereocenters. The number of fused-ring (bicyclic) bond motifs is 5. The molecule has 0 aromatic carbocycles. The van der Waals surface area contributed by atoms with Gasteiger partial charge >= 0.3 is 6.09 Å². The molecule has 142 valence electrons. The van der Waals surface area contributed by atoms with Gasteiger partial charge < -0.3 is 10.1 Å². The number of likely N-dealkylation sites (tertiary alicyclic amines) is 1. The standard InChI is InChI=1S/C20H28N2O4/c1-11(2)10-14-12-6-7-13(14)16-15(12)17(23)22(18(16)24)9-8-21-19(25)26-20(3,4)5/h6-7,10-13,15-16H,8-9H2,1-5H3,(H,21,25)/t12-,13+,15+,16-. The average Bonchev–Trinajstić information content (AvgIpc) is 3.10. The molecule has 0 radical (unpaired) electrons. The molecule has 0 spiro atoms. The molecule has 6 heteroatoms. The van der Waals surface area contributed by atoms with Crippen molar-refractivity contribution in [1.29, 1.82) is 0 Å². The SMILES string of the molecule is CC(C)C=C1[C@H]2C=C[C@@H]1[C@H]1C(=O)N(CCNC(=O)OC(C)(C)C)C(=O)[C@H]12. The van der Waals surface area contributed by atoms with Crippen LogP contribution in [0.15, 0.2) is 23.8 Å². The van der Waals surface area contributed by atoms with E-state index >= 15 is 0 Å². The predicted molar refractivity (Wildman–Crippen MR) is 97.0 cm³/mol. The Morgan fingerprint density at radius 1 is 1.19 bits per heavy atom. The fourth-order valence-corrected chi connectivity index (χ4v) is 4.28. The first-order valence-corrected chi connectivity index (χ1v) is 9.32. The van der Waals surface area contributed by atoms with Gasteiger partial charge in [-0.05, 0) is 26.7 Å². The van der Waals surface area contributed by atoms with E-state index in [0.717, 1.165) is 0 Å². The number of nitrogens with one attached hydrogen (secondary N) is 1. The zero-order valence-corrected chi connectivity index (χ0v) is 16.1. The summed E-state index contributed by atoms with van der Waals surface area (Å²) < 4.78 is 5.17. The van der Waals surface area contributed by atoms with E-state index in [4.69, 9.17) is 4.74 Å². The number of nitrogens with zero attached hydrogens (tertiary/aromatic N) is 1. The maximum absolute atomic E-state index is 12.8. The molecule has 1 saturated heterocycles. The Morgan fingerprint density at radius 3 is 2.19 bits per heavy atom. The molecule has 1 aliphatic heterocycles. The second-order valence-electron chi connectivity index (χ2n) is 8.66. The molecule has 3 amide bonds. The Hall–Kier alpha value is -2.11. The van der Waals surface area contributed by atoms with E-state index in [1.165, 1.54) is 10.5 Å². The number of ether oxygens (including phenoxy) is 1. The van der Waals surface area contributed by atoms with Crippen molar-refractivity contribution in [2.45, 2.75) is 40.2 Å². The molecule has 1 heterocycles. The van der Waals surface area contributed by atoms with Crippen LogP contribution in [-0.4, -0.2) is 41.5 Å². The first-order chi connectivity index (χ1) is 12.1. The number of alkyl carbamates (subject to hydrolysis) is 1. The minimum absolute atomic E-state index is 0.0488. The Balaban J connectivity index is 1.62. The molecular formula is C20H28N2O4. The Labute approximate surface area is 154 Å². The lowest BCUT2D eigenvalue weighted by molar-refractivity contribution is -0.140. The van der Waals surface area contributed by atoms with Crippen molar-refractivity contribution in [3.05, 3.63) is 23.8 Å². The third-order valence-corrected chi connectivity index (χ3v) is 5.09. The number of hydrogen-bond acceptors (Lipinski definition) is 4. The lowest BCUT2D eigenvalue weighted by Crippen LogP contribution is -2.41. The van der Waals surface area contributed by atoms with Gasteiger partial charge in [0.2, 0.25) is 11.8 Å². The largest absolute Gasteiger partial charge is 0.444 e. The first-order valence-electron chi connectivity index (χ1n) is 9.32. The van der Waals surface area contributed by atoms with Crippen LogP contribution >= 0.6 is 0 Å². The molecule has 6 nitrogen and oxygen atoms in total. The summed E-state index contributed by atoms with van der Waals surface area (Å²) in [7, 11) is 0. The maximum Gasteiger partial charge on any atom is 0.407 e. The topological polar surface area (TPSA) is 75.7 Å². The molecule has 0 aromatic heterocycles. The second-order valence-corrected chi connectivity index (χ2v) is 8.66. The number of carbonyl (C=O) groups is 3. The zero-order chi connectivity index (χ0) is 19.2. The third-order valence-electron chi connectivity index (χ3n) is 5.09. The van der Waals surface area contributed by atoms with Crippen LogP contribution in [0.1, 0.15) is 34.6 Å². The van der Waals surface area contributed by atoms with Crippen molar-refractivity contribution in [3.63, 3.8) is 0 Å². The molecule has 1 N–H and O–H groups in total. The van der Waals surface area contributed by atoms with Gasteiger partial charge in [0.05, 0.1) is 11.8 Å². The van der Waals surface area contributed by atoms with Crippen molar-refractivity contribution in [2.24, 2.45) is 29.6 Å². The van der Waals surface area contributed by atoms with Gasteiger partial charge in [-0.25, -0.2) is 4.79 Å². The number of rotatable bonds is 4. The van der Waals surface area contributed by atoms with Crippen LogP contribution in [0.3, 0.4) is 0 Å². The van der Waals surface area contributed by atoms with Crippen LogP contribution in [0.4, 0.5) is 4.79 Å². The van der Waals surface area contributed by atoms with Crippen LogP contribution in [0.25, 0.3) is 0 Å². The van der Waals surface area contributed by atoms with E-state index in [1.807, 2.05) is 0 Å². The lowest BCUT2D eigenvalue weighted by Gasteiger charge is -2.21. The van der Waals surface area contributed by atoms with E-state index in [1.54, 1.807) is 20.8 Å². The predicted octanol–water partition coefficient (Wildman–Crippen LogP) is 2.51. The third kappa shape index (κ3) is 3.29. The summed E-state index contributed by atoms with van der Waals surface area (Å²) in [6.45, 7) is 9.96. The van der Waals surface area contributed by atoms with Crippen molar-refractivity contribution >= 4 is 17.9 Å². The van der Waals surface area contributed by atoms with Gasteiger partial charge in [0.15, 0.2) is 0 Å². The molecule has 2 fully saturated rings. The molecule has 3 rings (SSSR count). The minimum atomic E-state index is -0.579. The van der Waals surface area contributed by atoms with Crippen molar-refractivity contribution in [2.75, 3.05) is 13.1 Å². The van der Waals surface area contributed by atoms with Gasteiger partial charge in [0.25, 0.3) is 0 Å². The Kier molecular flexibility index (Phi) is 4.71. The van der Waals surface area contributed by atoms with Gasteiger partial charge in [-0.1, -0.05) is 37.6 Å². The second kappa shape index (κ2) is 6.56. The molecule has 0 aromatic rings. The van der Waals surface area contributed by atoms with Crippen LogP contribution in [-0.2, 0) is 14.3 Å². The highest BCUT2D eigenvalue weighted by Gasteiger charge is 2.61. The van der Waals surface area contributed by atoms with Gasteiger partial charge in [-0.2, -0.15) is 0 Å². The Morgan fingerprint density at radius 2 is 1.73 bits per heavy atom. The maximum atomic E-state index is 12.8. The Bertz CT molecular complexity index is 652. The van der Waals surface area contributed by atoms with E-state index in [2.05, 4.69) is 37.4 Å². The quantitative estimate of drug-likeness (QED) is 0.617. The van der Waals surface area contributed by atoms with Crippen LogP contribution in [0.5, 0.6) is 0 Å². The van der Waals surface area contributed by atoms with Gasteiger partial charge in [0, 0.05) is 24.9 Å². The number of amides is 3. The van der Waals surface area contributed by atoms with Crippen molar-refractivity contribution in [1.82, 2.24) is 10.2 Å². The van der Waals surface area contributed by atoms with E-state index in [-0.39, 0.29) is 48.6 Å². The lowest BCUT2D eigenvalue weighted by atomic mass is 9.85. The fourth-order valence-electron chi connectivity index (χ4n) is 4.28. The zero-order valence-electron chi connectivity index (χ0n) is 16.1. The van der Waals surface area contributed by atoms with Gasteiger partial charge in [0.1, 0.15) is 5.60 Å². The van der Waals surface area contributed by atoms with Gasteiger partial charge in [-0.15, -0.1) is 0 Å². The summed E-state index contributed by atoms with van der Waals surface area (Å²) in [4.78, 5) is 38.7. The average molecular weight is 360 g/mol. The van der Waals surface area contributed by atoms with E-state index in [0.29, 0.717) is 5.92 Å². The van der Waals surface area contributed by atoms with Crippen molar-refractivity contribution < 1.29 is 19.1 Å². The highest BCUT2D eigenvalue weighted by Crippen LogP contribution is 2.55. The van der Waals surface area contributed by atoms with Crippen LogP contribution in [0, 0.1) is 29.6 Å². The minimum Gasteiger partial charge on any atom is -0.444 e. The summed E-state index contributed by atoms with van der Waals surface area (Å²) >= 11 is 0. The normalized spacial score (nSPS) is 31.3. The summed E-state index contributed by atoms with van der Waals surface area (Å²) in [6, 6.07) is 0. The number of imide groups is 1. The molecular weight excluding hydrogens is 332 g/mol. The molecule has 2 aliphatic carbocycles. The fraction of sp³-hybridized carbons (Fsp3) is 0.650. The molecule has 2 bridgehead atoms. The van der Waals surface area contributed by atoms with Crippen LogP contribution in [0.2, 0.25) is 0 Å². The number of allylic oxidation sites excluding steroid dienone is 4. The molecule has 26 heavy (non-hydrogen) atoms. The monoisotopic (exact) mass is 360 g/mol. The van der Waals surface area contributed by atoms with E-state index < -0.39 is 11.7 Å². The molecule has 3 aliphatic rings. The first kappa shape index (κ1) is 18.7. The van der Waals surface area contributed by atoms with E-state index in [9.17, 15) is 14.4 Å². The smallest absolute Gasteiger partial charge is 0.407 e. The summed E-state index contributed by atoms with van der Waals surface area (Å²) in [5, 5.41) is 2.61. The molecule has 4 atom stereocenters. The number of hydrogen-bond donors (Lipinski definition) is 1. The van der Waals surface area contributed by atoms with Gasteiger partial charge in [-0.3, -0.25) is 14.5 Å². The number of carbonyl (C=O) groups excluding carboxylic acids is 3. The summed E-state index contributed by atoms with van der Waals surface area (Å²) in [5.74, 6) is -0.281. The summed E-state index contributed by atoms with van der Waals surface area (Å²) in [5.41, 5.74) is 0.646.